The molecule has 1 unspecified atom stereocenters. The van der Waals surface area contributed by atoms with Crippen LogP contribution in [-0.2, 0) is 0 Å². The van der Waals surface area contributed by atoms with Crippen molar-refractivity contribution in [2.24, 2.45) is 5.92 Å². The Bertz CT molecular complexity index is 649. The third kappa shape index (κ3) is 3.24. The van der Waals surface area contributed by atoms with Crippen molar-refractivity contribution in [3.63, 3.8) is 0 Å². The molecule has 0 bridgehead atoms. The number of nitrogens with two attached hydrogens (primary N) is 1. The van der Waals surface area contributed by atoms with Crippen LogP contribution in [0.4, 0.5) is 5.69 Å². The first-order valence-electron chi connectivity index (χ1n) is 7.26. The minimum Gasteiger partial charge on any atom is -0.397 e. The Morgan fingerprint density at radius 2 is 2.05 bits per heavy atom. The highest BCUT2D eigenvalue weighted by Crippen LogP contribution is 2.38. The number of carbonyl (C=O) groups is 1. The van der Waals surface area contributed by atoms with Crippen LogP contribution in [-0.4, -0.2) is 11.9 Å². The standard InChI is InChI=1S/C16H21BrN2OS/c1-4-10(5-2)9(3)19-16(20)15-14(18)13-11(17)7-6-8-12(13)21-15/h6-10H,4-5,18H2,1-3H3,(H,19,20). The number of nitrogen functional groups attached to an aromatic ring is 1. The molecule has 0 aliphatic rings. The summed E-state index contributed by atoms with van der Waals surface area (Å²) in [6, 6.07) is 6.04. The van der Waals surface area contributed by atoms with Crippen LogP contribution in [0.2, 0.25) is 0 Å². The minimum atomic E-state index is -0.0694. The van der Waals surface area contributed by atoms with Crippen LogP contribution in [0.1, 0.15) is 43.3 Å². The van der Waals surface area contributed by atoms with Crippen LogP contribution in [0.15, 0.2) is 22.7 Å². The monoisotopic (exact) mass is 368 g/mol. The maximum atomic E-state index is 12.5. The first kappa shape index (κ1) is 16.3. The molecule has 1 aromatic carbocycles. The fraction of sp³-hybridized carbons (Fsp3) is 0.438. The van der Waals surface area contributed by atoms with Crippen LogP contribution in [0.5, 0.6) is 0 Å². The van der Waals surface area contributed by atoms with E-state index in [1.807, 2.05) is 18.2 Å². The molecular formula is C16H21BrN2OS. The van der Waals surface area contributed by atoms with Crippen molar-refractivity contribution in [2.45, 2.75) is 39.7 Å². The summed E-state index contributed by atoms with van der Waals surface area (Å²) in [6.07, 6.45) is 2.12. The van der Waals surface area contributed by atoms with E-state index in [1.165, 1.54) is 11.3 Å². The number of carbonyl (C=O) groups excluding carboxylic acids is 1. The second kappa shape index (κ2) is 6.79. The predicted molar refractivity (Wildman–Crippen MR) is 94.9 cm³/mol. The molecule has 1 heterocycles. The molecule has 2 rings (SSSR count). The molecule has 114 valence electrons. The summed E-state index contributed by atoms with van der Waals surface area (Å²) in [5.41, 5.74) is 6.74. The van der Waals surface area contributed by atoms with Crippen molar-refractivity contribution < 1.29 is 4.79 Å². The number of thiophene rings is 1. The number of benzene rings is 1. The highest BCUT2D eigenvalue weighted by atomic mass is 79.9. The summed E-state index contributed by atoms with van der Waals surface area (Å²) in [4.78, 5) is 13.1. The lowest BCUT2D eigenvalue weighted by atomic mass is 9.95. The van der Waals surface area contributed by atoms with Gasteiger partial charge in [0.25, 0.3) is 5.91 Å². The van der Waals surface area contributed by atoms with Gasteiger partial charge < -0.3 is 11.1 Å². The molecule has 0 aliphatic heterocycles. The maximum absolute atomic E-state index is 12.5. The second-order valence-corrected chi connectivity index (χ2v) is 7.20. The molecule has 3 nitrogen and oxygen atoms in total. The van der Waals surface area contributed by atoms with E-state index in [1.54, 1.807) is 0 Å². The average molecular weight is 369 g/mol. The summed E-state index contributed by atoms with van der Waals surface area (Å²) in [7, 11) is 0. The number of halogens is 1. The molecule has 0 aliphatic carbocycles. The minimum absolute atomic E-state index is 0.0694. The summed E-state index contributed by atoms with van der Waals surface area (Å²) in [5.74, 6) is 0.427. The van der Waals surface area contributed by atoms with E-state index in [-0.39, 0.29) is 11.9 Å². The molecule has 0 spiro atoms. The first-order chi connectivity index (χ1) is 9.99. The van der Waals surface area contributed by atoms with E-state index >= 15 is 0 Å². The Morgan fingerprint density at radius 3 is 2.62 bits per heavy atom. The van der Waals surface area contributed by atoms with Crippen molar-refractivity contribution in [3.8, 4) is 0 Å². The van der Waals surface area contributed by atoms with E-state index < -0.39 is 0 Å². The van der Waals surface area contributed by atoms with E-state index in [2.05, 4.69) is 42.0 Å². The van der Waals surface area contributed by atoms with E-state index in [0.717, 1.165) is 27.4 Å². The van der Waals surface area contributed by atoms with Crippen LogP contribution < -0.4 is 11.1 Å². The topological polar surface area (TPSA) is 55.1 Å². The van der Waals surface area contributed by atoms with Gasteiger partial charge in [-0.25, -0.2) is 0 Å². The number of nitrogens with one attached hydrogen (secondary N) is 1. The zero-order valence-electron chi connectivity index (χ0n) is 12.6. The van der Waals surface area contributed by atoms with Gasteiger partial charge in [0.1, 0.15) is 4.88 Å². The van der Waals surface area contributed by atoms with Gasteiger partial charge in [-0.1, -0.05) is 48.7 Å². The van der Waals surface area contributed by atoms with Crippen molar-refractivity contribution in [3.05, 3.63) is 27.5 Å². The third-order valence-electron chi connectivity index (χ3n) is 4.02. The van der Waals surface area contributed by atoms with Crippen LogP contribution in [0.3, 0.4) is 0 Å². The number of rotatable bonds is 5. The number of amides is 1. The van der Waals surface area contributed by atoms with Crippen molar-refractivity contribution >= 4 is 48.9 Å². The SMILES string of the molecule is CCC(CC)C(C)NC(=O)c1sc2cccc(Br)c2c1N. The molecular weight excluding hydrogens is 348 g/mol. The lowest BCUT2D eigenvalue weighted by Gasteiger charge is -2.22. The Kier molecular flexibility index (Phi) is 5.27. The fourth-order valence-electron chi connectivity index (χ4n) is 2.68. The summed E-state index contributed by atoms with van der Waals surface area (Å²) in [5, 5.41) is 4.03. The molecule has 0 saturated carbocycles. The Labute approximate surface area is 138 Å². The molecule has 1 atom stereocenters. The lowest BCUT2D eigenvalue weighted by molar-refractivity contribution is 0.0930. The van der Waals surface area contributed by atoms with Gasteiger partial charge in [-0.15, -0.1) is 11.3 Å². The molecule has 2 aromatic rings. The highest BCUT2D eigenvalue weighted by Gasteiger charge is 2.21. The van der Waals surface area contributed by atoms with Gasteiger partial charge in [-0.05, 0) is 25.0 Å². The fourth-order valence-corrected chi connectivity index (χ4v) is 4.45. The van der Waals surface area contributed by atoms with E-state index in [4.69, 9.17) is 5.73 Å². The largest absolute Gasteiger partial charge is 0.397 e. The lowest BCUT2D eigenvalue weighted by Crippen LogP contribution is -2.37. The van der Waals surface area contributed by atoms with Gasteiger partial charge in [0.2, 0.25) is 0 Å². The van der Waals surface area contributed by atoms with Gasteiger partial charge in [-0.3, -0.25) is 4.79 Å². The number of hydrogen-bond acceptors (Lipinski definition) is 3. The predicted octanol–water partition coefficient (Wildman–Crippen LogP) is 4.80. The number of fused-ring (bicyclic) bond motifs is 1. The van der Waals surface area contributed by atoms with Gasteiger partial charge in [-0.2, -0.15) is 0 Å². The molecule has 0 fully saturated rings. The molecule has 0 radical (unpaired) electrons. The van der Waals surface area contributed by atoms with Crippen LogP contribution in [0, 0.1) is 5.92 Å². The van der Waals surface area contributed by atoms with Crippen LogP contribution in [0.25, 0.3) is 10.1 Å². The van der Waals surface area contributed by atoms with E-state index in [9.17, 15) is 4.79 Å². The Morgan fingerprint density at radius 1 is 1.38 bits per heavy atom. The van der Waals surface area contributed by atoms with Crippen molar-refractivity contribution in [1.82, 2.24) is 5.32 Å². The van der Waals surface area contributed by atoms with Gasteiger partial charge >= 0.3 is 0 Å². The molecule has 3 N–H and O–H groups in total. The normalized spacial score (nSPS) is 12.8. The summed E-state index contributed by atoms with van der Waals surface area (Å²) >= 11 is 4.95. The van der Waals surface area contributed by atoms with Gasteiger partial charge in [0.05, 0.1) is 5.69 Å². The first-order valence-corrected chi connectivity index (χ1v) is 8.87. The molecule has 1 amide bonds. The quantitative estimate of drug-likeness (QED) is 0.795. The Balaban J connectivity index is 2.28. The molecule has 1 aromatic heterocycles. The number of anilines is 1. The highest BCUT2D eigenvalue weighted by molar-refractivity contribution is 9.10. The van der Waals surface area contributed by atoms with Crippen LogP contribution >= 0.6 is 27.3 Å². The summed E-state index contributed by atoms with van der Waals surface area (Å²) in [6.45, 7) is 6.37. The van der Waals surface area contributed by atoms with Crippen molar-refractivity contribution in [1.29, 1.82) is 0 Å². The second-order valence-electron chi connectivity index (χ2n) is 5.30. The average Bonchev–Trinajstić information content (AvgIpc) is 2.79. The van der Waals surface area contributed by atoms with Gasteiger partial charge in [0.15, 0.2) is 0 Å². The van der Waals surface area contributed by atoms with E-state index in [0.29, 0.717) is 16.5 Å². The molecule has 0 saturated heterocycles. The smallest absolute Gasteiger partial charge is 0.263 e. The third-order valence-corrected chi connectivity index (χ3v) is 5.85. The van der Waals surface area contributed by atoms with Crippen molar-refractivity contribution in [2.75, 3.05) is 5.73 Å². The molecule has 5 heteroatoms. The summed E-state index contributed by atoms with van der Waals surface area (Å²) < 4.78 is 1.96. The molecule has 21 heavy (non-hydrogen) atoms. The number of hydrogen-bond donors (Lipinski definition) is 2. The van der Waals surface area contributed by atoms with Gasteiger partial charge in [0, 0.05) is 20.6 Å². The maximum Gasteiger partial charge on any atom is 0.263 e. The zero-order valence-corrected chi connectivity index (χ0v) is 15.0. The zero-order chi connectivity index (χ0) is 15.6. The Hall–Kier alpha value is -1.07.